The van der Waals surface area contributed by atoms with E-state index >= 15 is 0 Å². The van der Waals surface area contributed by atoms with E-state index in [1.807, 2.05) is 0 Å². The van der Waals surface area contributed by atoms with Gasteiger partial charge in [-0.25, -0.2) is 0 Å². The maximum absolute atomic E-state index is 2.53. The lowest BCUT2D eigenvalue weighted by Crippen LogP contribution is -2.38. The fourth-order valence-corrected chi connectivity index (χ4v) is 4.11. The van der Waals surface area contributed by atoms with Crippen molar-refractivity contribution in [3.05, 3.63) is 0 Å². The predicted molar refractivity (Wildman–Crippen MR) is 62.2 cm³/mol. The first kappa shape index (κ1) is 10.5. The van der Waals surface area contributed by atoms with Crippen LogP contribution in [0.2, 0.25) is 0 Å². The molecule has 2 bridgehead atoms. The van der Waals surface area contributed by atoms with E-state index in [0.29, 0.717) is 5.41 Å². The molecule has 2 fully saturated rings. The van der Waals surface area contributed by atoms with Gasteiger partial charge in [-0.3, -0.25) is 0 Å². The molecule has 0 saturated heterocycles. The lowest BCUT2D eigenvalue weighted by atomic mass is 9.56. The van der Waals surface area contributed by atoms with Crippen LogP contribution < -0.4 is 0 Å². The standard InChI is InChI=1S/C14H26/c1-10(2)14(4)8-12-5-11(3)6-13(7-12)9-14/h10-13H,5-9H2,1-4H3. The third-order valence-corrected chi connectivity index (χ3v) is 5.04. The number of fused-ring (bicyclic) bond motifs is 2. The van der Waals surface area contributed by atoms with Crippen molar-refractivity contribution in [1.29, 1.82) is 0 Å². The lowest BCUT2D eigenvalue weighted by Gasteiger charge is -2.49. The minimum atomic E-state index is 0.660. The molecule has 0 heteroatoms. The molecule has 82 valence electrons. The number of hydrogen-bond donors (Lipinski definition) is 0. The van der Waals surface area contributed by atoms with E-state index in [2.05, 4.69) is 27.7 Å². The SMILES string of the molecule is CC1CC2CC(C1)CC(C)(C(C)C)C2. The maximum atomic E-state index is 2.53. The van der Waals surface area contributed by atoms with Crippen LogP contribution in [0, 0.1) is 29.1 Å². The van der Waals surface area contributed by atoms with Gasteiger partial charge in [-0.05, 0) is 61.2 Å². The first-order valence-corrected chi connectivity index (χ1v) is 6.49. The summed E-state index contributed by atoms with van der Waals surface area (Å²) < 4.78 is 0. The summed E-state index contributed by atoms with van der Waals surface area (Å²) in [6.45, 7) is 9.83. The monoisotopic (exact) mass is 194 g/mol. The van der Waals surface area contributed by atoms with Crippen molar-refractivity contribution in [2.45, 2.75) is 59.8 Å². The van der Waals surface area contributed by atoms with Crippen LogP contribution in [0.15, 0.2) is 0 Å². The lowest BCUT2D eigenvalue weighted by molar-refractivity contribution is 0.0162. The Labute approximate surface area is 89.5 Å². The minimum absolute atomic E-state index is 0.660. The molecule has 2 unspecified atom stereocenters. The third-order valence-electron chi connectivity index (χ3n) is 5.04. The van der Waals surface area contributed by atoms with E-state index < -0.39 is 0 Å². The van der Waals surface area contributed by atoms with Gasteiger partial charge in [-0.15, -0.1) is 0 Å². The first-order valence-electron chi connectivity index (χ1n) is 6.49. The van der Waals surface area contributed by atoms with Crippen LogP contribution in [0.5, 0.6) is 0 Å². The highest BCUT2D eigenvalue weighted by atomic mass is 14.5. The Balaban J connectivity index is 2.08. The second-order valence-corrected chi connectivity index (χ2v) is 6.76. The van der Waals surface area contributed by atoms with Crippen molar-refractivity contribution in [3.8, 4) is 0 Å². The van der Waals surface area contributed by atoms with Gasteiger partial charge < -0.3 is 0 Å². The van der Waals surface area contributed by atoms with Gasteiger partial charge >= 0.3 is 0 Å². The molecule has 2 saturated carbocycles. The Morgan fingerprint density at radius 3 is 1.93 bits per heavy atom. The van der Waals surface area contributed by atoms with Crippen molar-refractivity contribution < 1.29 is 0 Å². The summed E-state index contributed by atoms with van der Waals surface area (Å²) in [6.07, 6.45) is 7.58. The van der Waals surface area contributed by atoms with Crippen LogP contribution in [0.1, 0.15) is 59.8 Å². The van der Waals surface area contributed by atoms with Crippen LogP contribution >= 0.6 is 0 Å². The van der Waals surface area contributed by atoms with E-state index in [4.69, 9.17) is 0 Å². The molecule has 2 atom stereocenters. The Kier molecular flexibility index (Phi) is 2.66. The van der Waals surface area contributed by atoms with Crippen molar-refractivity contribution in [2.24, 2.45) is 29.1 Å². The number of rotatable bonds is 1. The fourth-order valence-electron chi connectivity index (χ4n) is 4.11. The quantitative estimate of drug-likeness (QED) is 0.577. The largest absolute Gasteiger partial charge is 0.0625 e. The van der Waals surface area contributed by atoms with E-state index in [0.717, 1.165) is 23.7 Å². The molecule has 0 aliphatic heterocycles. The van der Waals surface area contributed by atoms with E-state index in [-0.39, 0.29) is 0 Å². The Hall–Kier alpha value is 0. The summed E-state index contributed by atoms with van der Waals surface area (Å²) >= 11 is 0. The van der Waals surface area contributed by atoms with Crippen LogP contribution in [-0.2, 0) is 0 Å². The molecule has 0 nitrogen and oxygen atoms in total. The van der Waals surface area contributed by atoms with Gasteiger partial charge in [0.05, 0.1) is 0 Å². The van der Waals surface area contributed by atoms with Gasteiger partial charge in [0.25, 0.3) is 0 Å². The zero-order valence-electron chi connectivity index (χ0n) is 10.3. The molecule has 0 heterocycles. The molecule has 0 radical (unpaired) electrons. The Bertz CT molecular complexity index is 186. The first-order chi connectivity index (χ1) is 6.49. The molecule has 0 aromatic heterocycles. The average molecular weight is 194 g/mol. The number of hydrogen-bond acceptors (Lipinski definition) is 0. The van der Waals surface area contributed by atoms with Crippen LogP contribution in [0.25, 0.3) is 0 Å². The van der Waals surface area contributed by atoms with Gasteiger partial charge in [0.15, 0.2) is 0 Å². The van der Waals surface area contributed by atoms with Crippen LogP contribution in [0.3, 0.4) is 0 Å². The van der Waals surface area contributed by atoms with E-state index in [1.165, 1.54) is 25.7 Å². The normalized spacial score (nSPS) is 48.2. The maximum Gasteiger partial charge on any atom is -0.0298 e. The minimum Gasteiger partial charge on any atom is -0.0625 e. The molecule has 0 spiro atoms. The summed E-state index contributed by atoms with van der Waals surface area (Å²) in [5, 5.41) is 0. The predicted octanol–water partition coefficient (Wildman–Crippen LogP) is 4.49. The molecule has 2 aliphatic carbocycles. The van der Waals surface area contributed by atoms with Gasteiger partial charge in [0, 0.05) is 0 Å². The molecular formula is C14H26. The fraction of sp³-hybridized carbons (Fsp3) is 1.00. The summed E-state index contributed by atoms with van der Waals surface area (Å²) in [6, 6.07) is 0. The van der Waals surface area contributed by atoms with Crippen LogP contribution in [0.4, 0.5) is 0 Å². The van der Waals surface area contributed by atoms with Crippen molar-refractivity contribution in [3.63, 3.8) is 0 Å². The average Bonchev–Trinajstić information content (AvgIpc) is 2.00. The van der Waals surface area contributed by atoms with Crippen molar-refractivity contribution in [1.82, 2.24) is 0 Å². The van der Waals surface area contributed by atoms with E-state index in [9.17, 15) is 0 Å². The summed E-state index contributed by atoms with van der Waals surface area (Å²) in [5.74, 6) is 4.01. The van der Waals surface area contributed by atoms with Crippen molar-refractivity contribution in [2.75, 3.05) is 0 Å². The molecule has 0 N–H and O–H groups in total. The zero-order valence-corrected chi connectivity index (χ0v) is 10.3. The molecule has 0 amide bonds. The second-order valence-electron chi connectivity index (χ2n) is 6.76. The third kappa shape index (κ3) is 1.85. The zero-order chi connectivity index (χ0) is 10.3. The Morgan fingerprint density at radius 1 is 1.00 bits per heavy atom. The smallest absolute Gasteiger partial charge is 0.0298 e. The summed E-state index contributed by atoms with van der Waals surface area (Å²) in [7, 11) is 0. The van der Waals surface area contributed by atoms with Gasteiger partial charge in [-0.2, -0.15) is 0 Å². The highest BCUT2D eigenvalue weighted by molar-refractivity contribution is 4.92. The Morgan fingerprint density at radius 2 is 1.50 bits per heavy atom. The molecule has 0 aromatic carbocycles. The summed E-state index contributed by atoms with van der Waals surface area (Å²) in [5.41, 5.74) is 0.660. The van der Waals surface area contributed by atoms with Crippen molar-refractivity contribution >= 4 is 0 Å². The second kappa shape index (κ2) is 3.54. The van der Waals surface area contributed by atoms with E-state index in [1.54, 1.807) is 6.42 Å². The summed E-state index contributed by atoms with van der Waals surface area (Å²) in [4.78, 5) is 0. The molecular weight excluding hydrogens is 168 g/mol. The highest BCUT2D eigenvalue weighted by Gasteiger charge is 2.42. The highest BCUT2D eigenvalue weighted by Crippen LogP contribution is 2.52. The molecule has 2 aliphatic rings. The topological polar surface area (TPSA) is 0 Å². The van der Waals surface area contributed by atoms with Gasteiger partial charge in [-0.1, -0.05) is 27.7 Å². The molecule has 0 aromatic rings. The van der Waals surface area contributed by atoms with Gasteiger partial charge in [0.1, 0.15) is 0 Å². The molecule has 14 heavy (non-hydrogen) atoms. The molecule has 2 rings (SSSR count). The van der Waals surface area contributed by atoms with Gasteiger partial charge in [0.2, 0.25) is 0 Å². The van der Waals surface area contributed by atoms with Crippen LogP contribution in [-0.4, -0.2) is 0 Å².